The Balaban J connectivity index is 1.44. The maximum Gasteiger partial charge on any atom is 0.228 e. The molecule has 2 heterocycles. The first-order valence-electron chi connectivity index (χ1n) is 10.9. The van der Waals surface area contributed by atoms with E-state index in [2.05, 4.69) is 12.1 Å². The molecular weight excluding hydrogens is 428 g/mol. The van der Waals surface area contributed by atoms with Gasteiger partial charge in [0, 0.05) is 17.9 Å². The van der Waals surface area contributed by atoms with Crippen molar-refractivity contribution in [1.82, 2.24) is 4.98 Å². The number of aromatic nitrogens is 1. The molecule has 1 aromatic heterocycles. The van der Waals surface area contributed by atoms with E-state index in [1.807, 2.05) is 48.2 Å². The van der Waals surface area contributed by atoms with Gasteiger partial charge in [0.2, 0.25) is 5.91 Å². The van der Waals surface area contributed by atoms with Gasteiger partial charge in [-0.2, -0.15) is 0 Å². The van der Waals surface area contributed by atoms with Crippen LogP contribution in [0.2, 0.25) is 0 Å². The molecule has 7 heteroatoms. The Hall–Kier alpha value is -2.09. The highest BCUT2D eigenvalue weighted by molar-refractivity contribution is 7.99. The molecule has 4 rings (SSSR count). The third-order valence-corrected chi connectivity index (χ3v) is 7.29. The molecule has 0 radical (unpaired) electrons. The van der Waals surface area contributed by atoms with Gasteiger partial charge in [-0.15, -0.1) is 11.8 Å². The van der Waals surface area contributed by atoms with E-state index in [0.717, 1.165) is 52.7 Å². The van der Waals surface area contributed by atoms with E-state index >= 15 is 0 Å². The molecule has 0 N–H and O–H groups in total. The van der Waals surface area contributed by atoms with Gasteiger partial charge in [0.25, 0.3) is 0 Å². The molecule has 1 unspecified atom stereocenters. The summed E-state index contributed by atoms with van der Waals surface area (Å²) >= 11 is 3.34. The summed E-state index contributed by atoms with van der Waals surface area (Å²) in [4.78, 5) is 21.0. The van der Waals surface area contributed by atoms with Crippen LogP contribution in [0, 0.1) is 0 Å². The standard InChI is InChI=1S/C24H28N2O3S2/c1-2-28-18-12-13-21-22(16-18)31-24(25-21)26(17-19-8-6-14-29-19)23(27)11-7-15-30-20-9-4-3-5-10-20/h3-5,9-10,12-13,16,19H,2,6-8,11,14-15,17H2,1H3. The highest BCUT2D eigenvalue weighted by Crippen LogP contribution is 2.33. The van der Waals surface area contributed by atoms with Crippen molar-refractivity contribution in [2.75, 3.05) is 30.4 Å². The predicted octanol–water partition coefficient (Wildman–Crippen LogP) is 5.78. The van der Waals surface area contributed by atoms with Gasteiger partial charge in [0.1, 0.15) is 5.75 Å². The highest BCUT2D eigenvalue weighted by Gasteiger charge is 2.26. The van der Waals surface area contributed by atoms with Gasteiger partial charge >= 0.3 is 0 Å². The summed E-state index contributed by atoms with van der Waals surface area (Å²) in [6, 6.07) is 16.2. The maximum atomic E-state index is 13.2. The van der Waals surface area contributed by atoms with Gasteiger partial charge in [-0.3, -0.25) is 9.69 Å². The van der Waals surface area contributed by atoms with E-state index in [0.29, 0.717) is 19.6 Å². The van der Waals surface area contributed by atoms with Crippen molar-refractivity contribution in [3.63, 3.8) is 0 Å². The number of fused-ring (bicyclic) bond motifs is 1. The Labute approximate surface area is 191 Å². The number of anilines is 1. The Bertz CT molecular complexity index is 987. The number of ether oxygens (including phenoxy) is 2. The van der Waals surface area contributed by atoms with Crippen LogP contribution in [0.3, 0.4) is 0 Å². The van der Waals surface area contributed by atoms with Gasteiger partial charge in [0.05, 0.1) is 29.5 Å². The molecule has 0 spiro atoms. The fraction of sp³-hybridized carbons (Fsp3) is 0.417. The van der Waals surface area contributed by atoms with Crippen molar-refractivity contribution in [3.8, 4) is 5.75 Å². The van der Waals surface area contributed by atoms with Gasteiger partial charge in [0.15, 0.2) is 5.13 Å². The van der Waals surface area contributed by atoms with E-state index in [1.54, 1.807) is 23.1 Å². The Kier molecular flexibility index (Phi) is 7.83. The van der Waals surface area contributed by atoms with E-state index < -0.39 is 0 Å². The number of hydrogen-bond donors (Lipinski definition) is 0. The molecule has 1 aliphatic rings. The number of thioether (sulfide) groups is 1. The topological polar surface area (TPSA) is 51.7 Å². The lowest BCUT2D eigenvalue weighted by Crippen LogP contribution is -2.37. The molecule has 1 atom stereocenters. The molecule has 0 aliphatic carbocycles. The third kappa shape index (κ3) is 5.99. The molecule has 1 fully saturated rings. The Morgan fingerprint density at radius 1 is 1.29 bits per heavy atom. The van der Waals surface area contributed by atoms with Crippen molar-refractivity contribution in [3.05, 3.63) is 48.5 Å². The van der Waals surface area contributed by atoms with Gasteiger partial charge in [-0.1, -0.05) is 29.5 Å². The zero-order valence-electron chi connectivity index (χ0n) is 17.8. The van der Waals surface area contributed by atoms with Gasteiger partial charge in [-0.05, 0) is 62.3 Å². The van der Waals surface area contributed by atoms with E-state index in [4.69, 9.17) is 14.5 Å². The van der Waals surface area contributed by atoms with Gasteiger partial charge < -0.3 is 9.47 Å². The number of hydrogen-bond acceptors (Lipinski definition) is 6. The van der Waals surface area contributed by atoms with Crippen LogP contribution in [0.4, 0.5) is 5.13 Å². The second-order valence-electron chi connectivity index (χ2n) is 7.46. The monoisotopic (exact) mass is 456 g/mol. The maximum absolute atomic E-state index is 13.2. The summed E-state index contributed by atoms with van der Waals surface area (Å²) in [5.74, 6) is 1.87. The average Bonchev–Trinajstić information content (AvgIpc) is 3.45. The first kappa shape index (κ1) is 22.1. The minimum Gasteiger partial charge on any atom is -0.494 e. The SMILES string of the molecule is CCOc1ccc2nc(N(CC3CCCO3)C(=O)CCCSc3ccccc3)sc2c1. The third-order valence-electron chi connectivity index (χ3n) is 5.15. The molecule has 2 aromatic carbocycles. The summed E-state index contributed by atoms with van der Waals surface area (Å²) < 4.78 is 12.5. The lowest BCUT2D eigenvalue weighted by atomic mass is 10.2. The summed E-state index contributed by atoms with van der Waals surface area (Å²) in [6.45, 7) is 3.95. The van der Waals surface area contributed by atoms with Crippen molar-refractivity contribution in [2.24, 2.45) is 0 Å². The number of thiazole rings is 1. The summed E-state index contributed by atoms with van der Waals surface area (Å²) in [5.41, 5.74) is 0.897. The second-order valence-corrected chi connectivity index (χ2v) is 9.64. The van der Waals surface area contributed by atoms with Crippen LogP contribution in [0.5, 0.6) is 5.75 Å². The quantitative estimate of drug-likeness (QED) is 0.286. The fourth-order valence-corrected chi connectivity index (χ4v) is 5.50. The molecule has 0 saturated carbocycles. The van der Waals surface area contributed by atoms with Crippen LogP contribution >= 0.6 is 23.1 Å². The smallest absolute Gasteiger partial charge is 0.228 e. The minimum atomic E-state index is 0.0913. The van der Waals surface area contributed by atoms with Crippen LogP contribution in [0.15, 0.2) is 53.4 Å². The molecule has 5 nitrogen and oxygen atoms in total. The van der Waals surface area contributed by atoms with E-state index in [1.165, 1.54) is 4.90 Å². The van der Waals surface area contributed by atoms with Crippen molar-refractivity contribution < 1.29 is 14.3 Å². The lowest BCUT2D eigenvalue weighted by Gasteiger charge is -2.23. The van der Waals surface area contributed by atoms with Crippen LogP contribution < -0.4 is 9.64 Å². The lowest BCUT2D eigenvalue weighted by molar-refractivity contribution is -0.119. The van der Waals surface area contributed by atoms with Crippen LogP contribution in [0.25, 0.3) is 10.2 Å². The Morgan fingerprint density at radius 2 is 2.16 bits per heavy atom. The molecule has 0 bridgehead atoms. The first-order chi connectivity index (χ1) is 15.2. The number of amides is 1. The molecule has 164 valence electrons. The van der Waals surface area contributed by atoms with E-state index in [9.17, 15) is 4.79 Å². The number of benzene rings is 2. The van der Waals surface area contributed by atoms with Gasteiger partial charge in [-0.25, -0.2) is 4.98 Å². The predicted molar refractivity (Wildman–Crippen MR) is 129 cm³/mol. The molecule has 3 aromatic rings. The highest BCUT2D eigenvalue weighted by atomic mass is 32.2. The summed E-state index contributed by atoms with van der Waals surface area (Å²) in [6.07, 6.45) is 3.48. The zero-order valence-corrected chi connectivity index (χ0v) is 19.4. The fourth-order valence-electron chi connectivity index (χ4n) is 3.61. The summed E-state index contributed by atoms with van der Waals surface area (Å²) in [7, 11) is 0. The Morgan fingerprint density at radius 3 is 2.94 bits per heavy atom. The number of carbonyl (C=O) groups is 1. The zero-order chi connectivity index (χ0) is 21.5. The average molecular weight is 457 g/mol. The van der Waals surface area contributed by atoms with Crippen molar-refractivity contribution in [2.45, 2.75) is 43.6 Å². The first-order valence-corrected chi connectivity index (χ1v) is 12.7. The van der Waals surface area contributed by atoms with E-state index in [-0.39, 0.29) is 12.0 Å². The minimum absolute atomic E-state index is 0.0913. The van der Waals surface area contributed by atoms with Crippen LogP contribution in [-0.2, 0) is 9.53 Å². The second kappa shape index (κ2) is 11.0. The number of nitrogens with zero attached hydrogens (tertiary/aromatic N) is 2. The molecular formula is C24H28N2O3S2. The molecule has 1 aliphatic heterocycles. The van der Waals surface area contributed by atoms with Crippen LogP contribution in [-0.4, -0.2) is 42.5 Å². The number of carbonyl (C=O) groups excluding carboxylic acids is 1. The molecule has 1 saturated heterocycles. The van der Waals surface area contributed by atoms with Crippen LogP contribution in [0.1, 0.15) is 32.6 Å². The number of rotatable bonds is 10. The van der Waals surface area contributed by atoms with Crippen molar-refractivity contribution in [1.29, 1.82) is 0 Å². The van der Waals surface area contributed by atoms with Crippen molar-refractivity contribution >= 4 is 44.4 Å². The normalized spacial score (nSPS) is 16.0. The summed E-state index contributed by atoms with van der Waals surface area (Å²) in [5, 5.41) is 0.750. The molecule has 1 amide bonds. The molecule has 31 heavy (non-hydrogen) atoms. The largest absolute Gasteiger partial charge is 0.494 e.